The number of rotatable bonds is 2. The van der Waals surface area contributed by atoms with Crippen molar-refractivity contribution in [1.82, 2.24) is 0 Å². The van der Waals surface area contributed by atoms with Crippen LogP contribution in [0.3, 0.4) is 0 Å². The van der Waals surface area contributed by atoms with Gasteiger partial charge in [-0.2, -0.15) is 5.26 Å². The number of nitriles is 1. The van der Waals surface area contributed by atoms with E-state index in [1.165, 1.54) is 0 Å². The molecule has 0 aliphatic carbocycles. The van der Waals surface area contributed by atoms with Gasteiger partial charge < -0.3 is 4.74 Å². The van der Waals surface area contributed by atoms with Gasteiger partial charge in [0.15, 0.2) is 0 Å². The largest absolute Gasteiger partial charge is 0.495 e. The second kappa shape index (κ2) is 4.82. The summed E-state index contributed by atoms with van der Waals surface area (Å²) < 4.78 is 6.19. The molecule has 0 fully saturated rings. The number of halogens is 2. The highest BCUT2D eigenvalue weighted by Crippen LogP contribution is 2.28. The van der Waals surface area contributed by atoms with Crippen LogP contribution in [0.25, 0.3) is 0 Å². The predicted molar refractivity (Wildman–Crippen MR) is 63.1 cm³/mol. The second-order valence-corrected chi connectivity index (χ2v) is 4.12. The van der Waals surface area contributed by atoms with E-state index >= 15 is 0 Å². The number of hydrogen-bond donors (Lipinski definition) is 0. The lowest BCUT2D eigenvalue weighted by molar-refractivity contribution is 0.408. The molecule has 0 amide bonds. The van der Waals surface area contributed by atoms with Gasteiger partial charge in [-0.25, -0.2) is 0 Å². The van der Waals surface area contributed by atoms with E-state index in [1.54, 1.807) is 7.11 Å². The topological polar surface area (TPSA) is 33.0 Å². The van der Waals surface area contributed by atoms with E-state index < -0.39 is 0 Å². The molecule has 4 heteroatoms. The number of ether oxygens (including phenoxy) is 1. The van der Waals surface area contributed by atoms with Crippen LogP contribution in [-0.4, -0.2) is 7.11 Å². The van der Waals surface area contributed by atoms with Crippen molar-refractivity contribution in [1.29, 1.82) is 5.26 Å². The van der Waals surface area contributed by atoms with E-state index in [2.05, 4.69) is 44.6 Å². The third kappa shape index (κ3) is 2.35. The van der Waals surface area contributed by atoms with E-state index in [-0.39, 0.29) is 0 Å². The molecule has 0 radical (unpaired) electrons. The summed E-state index contributed by atoms with van der Waals surface area (Å²) in [6.45, 7) is 0. The average molecular weight is 352 g/mol. The minimum Gasteiger partial charge on any atom is -0.495 e. The van der Waals surface area contributed by atoms with Gasteiger partial charge in [0.25, 0.3) is 0 Å². The average Bonchev–Trinajstić information content (AvgIpc) is 2.16. The minimum absolute atomic E-state index is 0.666. The summed E-state index contributed by atoms with van der Waals surface area (Å²) in [6, 6.07) is 5.75. The Morgan fingerprint density at radius 1 is 1.62 bits per heavy atom. The van der Waals surface area contributed by atoms with Gasteiger partial charge in [0.1, 0.15) is 5.75 Å². The van der Waals surface area contributed by atoms with Crippen LogP contribution in [0.1, 0.15) is 11.1 Å². The molecule has 0 saturated heterocycles. The Hall–Kier alpha value is -0.280. The van der Waals surface area contributed by atoms with E-state index in [0.717, 1.165) is 14.9 Å². The lowest BCUT2D eigenvalue weighted by Crippen LogP contribution is -1.93. The van der Waals surface area contributed by atoms with Crippen molar-refractivity contribution in [3.8, 4) is 11.8 Å². The Morgan fingerprint density at radius 3 is 2.77 bits per heavy atom. The molecule has 1 aromatic rings. The molecule has 68 valence electrons. The first-order valence-corrected chi connectivity index (χ1v) is 5.75. The Morgan fingerprint density at radius 2 is 2.31 bits per heavy atom. The molecule has 0 aliphatic rings. The highest BCUT2D eigenvalue weighted by molar-refractivity contribution is 14.1. The number of methoxy groups -OCH3 is 1. The molecule has 0 unspecified atom stereocenters. The number of benzene rings is 1. The summed E-state index contributed by atoms with van der Waals surface area (Å²) in [6.07, 6.45) is 0. The molecule has 0 atom stereocenters. The van der Waals surface area contributed by atoms with Crippen LogP contribution in [0.4, 0.5) is 0 Å². The van der Waals surface area contributed by atoms with Gasteiger partial charge in [-0.15, -0.1) is 0 Å². The SMILES string of the molecule is COc1c(I)cc(C#N)cc1CBr. The second-order valence-electron chi connectivity index (χ2n) is 2.40. The van der Waals surface area contributed by atoms with Gasteiger partial charge in [0.05, 0.1) is 22.3 Å². The number of alkyl halides is 1. The molecule has 2 nitrogen and oxygen atoms in total. The van der Waals surface area contributed by atoms with Crippen molar-refractivity contribution in [2.75, 3.05) is 7.11 Å². The van der Waals surface area contributed by atoms with Gasteiger partial charge >= 0.3 is 0 Å². The fourth-order valence-electron chi connectivity index (χ4n) is 1.04. The van der Waals surface area contributed by atoms with Crippen molar-refractivity contribution < 1.29 is 4.74 Å². The summed E-state index contributed by atoms with van der Waals surface area (Å²) in [5.41, 5.74) is 1.67. The van der Waals surface area contributed by atoms with Crippen molar-refractivity contribution >= 4 is 38.5 Å². The molecule has 0 bridgehead atoms. The van der Waals surface area contributed by atoms with Crippen molar-refractivity contribution in [2.45, 2.75) is 5.33 Å². The van der Waals surface area contributed by atoms with Gasteiger partial charge in [0.2, 0.25) is 0 Å². The highest BCUT2D eigenvalue weighted by Gasteiger charge is 2.08. The third-order valence-corrected chi connectivity index (χ3v) is 3.00. The van der Waals surface area contributed by atoms with Gasteiger partial charge in [-0.1, -0.05) is 15.9 Å². The van der Waals surface area contributed by atoms with Crippen molar-refractivity contribution in [3.63, 3.8) is 0 Å². The first kappa shape index (κ1) is 10.8. The van der Waals surface area contributed by atoms with Gasteiger partial charge in [0, 0.05) is 10.9 Å². The zero-order valence-electron chi connectivity index (χ0n) is 6.97. The molecule has 0 heterocycles. The molecule has 0 spiro atoms. The van der Waals surface area contributed by atoms with Gasteiger partial charge in [-0.05, 0) is 34.7 Å². The number of hydrogen-bond acceptors (Lipinski definition) is 2. The monoisotopic (exact) mass is 351 g/mol. The lowest BCUT2D eigenvalue weighted by atomic mass is 10.1. The first-order chi connectivity index (χ1) is 6.22. The standard InChI is InChI=1S/C9H7BrINO/c1-13-9-7(4-10)2-6(5-12)3-8(9)11/h2-3H,4H2,1H3. The van der Waals surface area contributed by atoms with E-state index in [4.69, 9.17) is 10.00 Å². The lowest BCUT2D eigenvalue weighted by Gasteiger charge is -2.08. The quantitative estimate of drug-likeness (QED) is 0.606. The molecule has 0 aromatic heterocycles. The Bertz CT molecular complexity index is 359. The summed E-state index contributed by atoms with van der Waals surface area (Å²) in [5.74, 6) is 0.844. The van der Waals surface area contributed by atoms with E-state index in [1.807, 2.05) is 12.1 Å². The molecule has 0 aliphatic heterocycles. The maximum atomic E-state index is 8.74. The molecule has 1 rings (SSSR count). The Balaban J connectivity index is 3.31. The van der Waals surface area contributed by atoms with Crippen LogP contribution in [-0.2, 0) is 5.33 Å². The predicted octanol–water partition coefficient (Wildman–Crippen LogP) is 3.07. The summed E-state index contributed by atoms with van der Waals surface area (Å²) in [5, 5.41) is 9.43. The molecule has 0 N–H and O–H groups in total. The Labute approximate surface area is 99.2 Å². The summed E-state index contributed by atoms with van der Waals surface area (Å²) >= 11 is 5.52. The zero-order valence-corrected chi connectivity index (χ0v) is 10.7. The minimum atomic E-state index is 0.666. The fraction of sp³-hybridized carbons (Fsp3) is 0.222. The molecule has 0 saturated carbocycles. The van der Waals surface area contributed by atoms with Crippen LogP contribution in [0.15, 0.2) is 12.1 Å². The summed E-state index contributed by atoms with van der Waals surface area (Å²) in [4.78, 5) is 0. The van der Waals surface area contributed by atoms with Gasteiger partial charge in [-0.3, -0.25) is 0 Å². The number of nitrogens with zero attached hydrogens (tertiary/aromatic N) is 1. The van der Waals surface area contributed by atoms with Crippen LogP contribution < -0.4 is 4.74 Å². The van der Waals surface area contributed by atoms with Crippen LogP contribution >= 0.6 is 38.5 Å². The van der Waals surface area contributed by atoms with Crippen LogP contribution in [0.2, 0.25) is 0 Å². The smallest absolute Gasteiger partial charge is 0.136 e. The zero-order chi connectivity index (χ0) is 9.84. The molecular weight excluding hydrogens is 345 g/mol. The first-order valence-electron chi connectivity index (χ1n) is 3.55. The van der Waals surface area contributed by atoms with Crippen LogP contribution in [0, 0.1) is 14.9 Å². The van der Waals surface area contributed by atoms with Crippen LogP contribution in [0.5, 0.6) is 5.75 Å². The fourth-order valence-corrected chi connectivity index (χ4v) is 2.36. The third-order valence-electron chi connectivity index (χ3n) is 1.60. The van der Waals surface area contributed by atoms with Crippen molar-refractivity contribution in [2.24, 2.45) is 0 Å². The maximum absolute atomic E-state index is 8.74. The molecular formula is C9H7BrINO. The van der Waals surface area contributed by atoms with E-state index in [9.17, 15) is 0 Å². The molecule has 1 aromatic carbocycles. The molecule has 13 heavy (non-hydrogen) atoms. The van der Waals surface area contributed by atoms with E-state index in [0.29, 0.717) is 10.9 Å². The maximum Gasteiger partial charge on any atom is 0.136 e. The van der Waals surface area contributed by atoms with Crippen molar-refractivity contribution in [3.05, 3.63) is 26.8 Å². The Kier molecular flexibility index (Phi) is 4.00. The highest BCUT2D eigenvalue weighted by atomic mass is 127. The summed E-state index contributed by atoms with van der Waals surface area (Å²) in [7, 11) is 1.63. The normalized spacial score (nSPS) is 9.38.